The molecule has 1 atom stereocenters. The van der Waals surface area contributed by atoms with Crippen LogP contribution in [-0.2, 0) is 33.8 Å². The van der Waals surface area contributed by atoms with E-state index in [-0.39, 0.29) is 34.9 Å². The second kappa shape index (κ2) is 16.7. The molecule has 0 aromatic heterocycles. The SMILES string of the molecule is COC(=O)CCC(Cc1ccc(OCc2ccccc2)cc1)NC(=O)CCCCCCc1cccc([N+](=O)[O-])c1. The molecule has 0 aliphatic carbocycles. The molecule has 0 fully saturated rings. The van der Waals surface area contributed by atoms with Gasteiger partial charge in [0.05, 0.1) is 12.0 Å². The van der Waals surface area contributed by atoms with E-state index in [0.717, 1.165) is 54.5 Å². The van der Waals surface area contributed by atoms with Crippen LogP contribution < -0.4 is 10.1 Å². The molecule has 0 spiro atoms. The summed E-state index contributed by atoms with van der Waals surface area (Å²) in [5.41, 5.74) is 3.21. The predicted molar refractivity (Wildman–Crippen MR) is 154 cm³/mol. The smallest absolute Gasteiger partial charge is 0.305 e. The second-order valence-electron chi connectivity index (χ2n) is 9.84. The largest absolute Gasteiger partial charge is 0.489 e. The Balaban J connectivity index is 1.41. The number of carbonyl (C=O) groups is 2. The zero-order valence-corrected chi connectivity index (χ0v) is 23.1. The van der Waals surface area contributed by atoms with Crippen molar-refractivity contribution in [1.82, 2.24) is 5.32 Å². The number of nitro groups is 1. The molecule has 40 heavy (non-hydrogen) atoms. The first-order valence-electron chi connectivity index (χ1n) is 13.8. The summed E-state index contributed by atoms with van der Waals surface area (Å²) in [7, 11) is 1.36. The maximum absolute atomic E-state index is 12.7. The summed E-state index contributed by atoms with van der Waals surface area (Å²) in [6, 6.07) is 24.3. The second-order valence-corrected chi connectivity index (χ2v) is 9.84. The fourth-order valence-corrected chi connectivity index (χ4v) is 4.46. The van der Waals surface area contributed by atoms with E-state index in [2.05, 4.69) is 5.32 Å². The summed E-state index contributed by atoms with van der Waals surface area (Å²) in [6.45, 7) is 0.493. The first-order valence-corrected chi connectivity index (χ1v) is 13.8. The van der Waals surface area contributed by atoms with E-state index in [4.69, 9.17) is 9.47 Å². The van der Waals surface area contributed by atoms with Gasteiger partial charge in [0.1, 0.15) is 12.4 Å². The molecule has 3 rings (SSSR count). The number of hydrogen-bond acceptors (Lipinski definition) is 6. The summed E-state index contributed by atoms with van der Waals surface area (Å²) in [4.78, 5) is 35.0. The van der Waals surface area contributed by atoms with Crippen LogP contribution >= 0.6 is 0 Å². The van der Waals surface area contributed by atoms with Crippen LogP contribution in [0.5, 0.6) is 5.75 Å². The van der Waals surface area contributed by atoms with E-state index in [1.54, 1.807) is 12.1 Å². The molecule has 8 heteroatoms. The van der Waals surface area contributed by atoms with Gasteiger partial charge in [-0.1, -0.05) is 67.4 Å². The Bertz CT molecular complexity index is 1210. The molecule has 0 aliphatic heterocycles. The van der Waals surface area contributed by atoms with Crippen molar-refractivity contribution in [2.75, 3.05) is 7.11 Å². The highest BCUT2D eigenvalue weighted by atomic mass is 16.6. The van der Waals surface area contributed by atoms with Crippen molar-refractivity contribution in [2.45, 2.75) is 70.4 Å². The first-order chi connectivity index (χ1) is 19.4. The highest BCUT2D eigenvalue weighted by Gasteiger charge is 2.16. The molecule has 0 radical (unpaired) electrons. The van der Waals surface area contributed by atoms with Crippen LogP contribution in [0.25, 0.3) is 0 Å². The van der Waals surface area contributed by atoms with Gasteiger partial charge in [0.2, 0.25) is 5.91 Å². The summed E-state index contributed by atoms with van der Waals surface area (Å²) in [6.07, 6.45) is 6.04. The van der Waals surface area contributed by atoms with E-state index < -0.39 is 0 Å². The number of unbranched alkanes of at least 4 members (excludes halogenated alkanes) is 3. The third-order valence-electron chi connectivity index (χ3n) is 6.68. The van der Waals surface area contributed by atoms with Gasteiger partial charge in [0.25, 0.3) is 5.69 Å². The Kier molecular flexibility index (Phi) is 12.7. The van der Waals surface area contributed by atoms with Crippen molar-refractivity contribution in [1.29, 1.82) is 0 Å². The van der Waals surface area contributed by atoms with E-state index in [1.807, 2.05) is 60.7 Å². The molecule has 212 valence electrons. The molecular weight excluding hydrogens is 508 g/mol. The lowest BCUT2D eigenvalue weighted by Gasteiger charge is -2.19. The third-order valence-corrected chi connectivity index (χ3v) is 6.68. The average Bonchev–Trinajstić information content (AvgIpc) is 2.97. The third kappa shape index (κ3) is 11.3. The lowest BCUT2D eigenvalue weighted by atomic mass is 10.0. The van der Waals surface area contributed by atoms with Crippen LogP contribution in [-0.4, -0.2) is 30.0 Å². The average molecular weight is 547 g/mol. The molecule has 0 saturated carbocycles. The van der Waals surface area contributed by atoms with Crippen LogP contribution in [0, 0.1) is 10.1 Å². The van der Waals surface area contributed by atoms with Crippen LogP contribution in [0.4, 0.5) is 5.69 Å². The van der Waals surface area contributed by atoms with E-state index >= 15 is 0 Å². The van der Waals surface area contributed by atoms with E-state index in [9.17, 15) is 19.7 Å². The van der Waals surface area contributed by atoms with Gasteiger partial charge in [-0.15, -0.1) is 0 Å². The Morgan fingerprint density at radius 1 is 0.850 bits per heavy atom. The van der Waals surface area contributed by atoms with Gasteiger partial charge in [-0.25, -0.2) is 0 Å². The number of nitrogens with zero attached hydrogens (tertiary/aromatic N) is 1. The molecule has 3 aromatic carbocycles. The summed E-state index contributed by atoms with van der Waals surface area (Å²) in [5, 5.41) is 14.0. The highest BCUT2D eigenvalue weighted by molar-refractivity contribution is 5.76. The Labute approximate surface area is 235 Å². The minimum Gasteiger partial charge on any atom is -0.489 e. The van der Waals surface area contributed by atoms with E-state index in [0.29, 0.717) is 25.9 Å². The molecule has 0 heterocycles. The summed E-state index contributed by atoms with van der Waals surface area (Å²) < 4.78 is 10.7. The lowest BCUT2D eigenvalue weighted by molar-refractivity contribution is -0.384. The number of carbonyl (C=O) groups excluding carboxylic acids is 2. The fraction of sp³-hybridized carbons (Fsp3) is 0.375. The number of non-ortho nitro benzene ring substituents is 1. The standard InChI is InChI=1S/C32H38N2O6/c1-39-32(36)21-18-28(22-26-16-19-30(20-17-26)40-24-27-11-6-4-7-12-27)33-31(35)15-8-3-2-5-10-25-13-9-14-29(23-25)34(37)38/h4,6-7,9,11-14,16-17,19-20,23,28H,2-3,5,8,10,15,18,21-22,24H2,1H3,(H,33,35). The topological polar surface area (TPSA) is 108 Å². The number of benzene rings is 3. The number of aryl methyl sites for hydroxylation is 1. The molecule has 0 saturated heterocycles. The van der Waals surface area contributed by atoms with Crippen molar-refractivity contribution >= 4 is 17.6 Å². The van der Waals surface area contributed by atoms with E-state index in [1.165, 1.54) is 13.2 Å². The molecular formula is C32H38N2O6. The van der Waals surface area contributed by atoms with Gasteiger partial charge < -0.3 is 14.8 Å². The van der Waals surface area contributed by atoms with Gasteiger partial charge in [0, 0.05) is 31.0 Å². The van der Waals surface area contributed by atoms with Gasteiger partial charge in [0.15, 0.2) is 0 Å². The molecule has 0 bridgehead atoms. The Morgan fingerprint density at radius 2 is 1.57 bits per heavy atom. The monoisotopic (exact) mass is 546 g/mol. The minimum atomic E-state index is -0.378. The number of amides is 1. The number of hydrogen-bond donors (Lipinski definition) is 1. The molecule has 1 unspecified atom stereocenters. The van der Waals surface area contributed by atoms with Gasteiger partial charge in [-0.2, -0.15) is 0 Å². The first kappa shape index (κ1) is 30.3. The Morgan fingerprint density at radius 3 is 2.30 bits per heavy atom. The zero-order chi connectivity index (χ0) is 28.6. The maximum Gasteiger partial charge on any atom is 0.305 e. The normalized spacial score (nSPS) is 11.4. The van der Waals surface area contributed by atoms with Gasteiger partial charge in [-0.3, -0.25) is 19.7 Å². The van der Waals surface area contributed by atoms with Crippen LogP contribution in [0.2, 0.25) is 0 Å². The summed E-state index contributed by atoms with van der Waals surface area (Å²) in [5.74, 6) is 0.442. The van der Waals surface area contributed by atoms with Crippen LogP contribution in [0.3, 0.4) is 0 Å². The highest BCUT2D eigenvalue weighted by Crippen LogP contribution is 2.18. The number of rotatable bonds is 17. The molecule has 3 aromatic rings. The molecule has 1 amide bonds. The number of nitrogens with one attached hydrogen (secondary N) is 1. The van der Waals surface area contributed by atoms with Crippen molar-refractivity contribution in [3.8, 4) is 5.75 Å². The van der Waals surface area contributed by atoms with Crippen LogP contribution in [0.15, 0.2) is 78.9 Å². The van der Waals surface area contributed by atoms with Crippen molar-refractivity contribution < 1.29 is 24.0 Å². The van der Waals surface area contributed by atoms with Crippen LogP contribution in [0.1, 0.15) is 61.6 Å². The fourth-order valence-electron chi connectivity index (χ4n) is 4.46. The van der Waals surface area contributed by atoms with Crippen molar-refractivity contribution in [3.05, 3.63) is 106 Å². The number of methoxy groups -OCH3 is 1. The minimum absolute atomic E-state index is 0.0311. The van der Waals surface area contributed by atoms with Crippen molar-refractivity contribution in [2.24, 2.45) is 0 Å². The van der Waals surface area contributed by atoms with Crippen molar-refractivity contribution in [3.63, 3.8) is 0 Å². The number of nitro benzene ring substituents is 1. The number of ether oxygens (including phenoxy) is 2. The predicted octanol–water partition coefficient (Wildman–Crippen LogP) is 6.35. The van der Waals surface area contributed by atoms with Gasteiger partial charge >= 0.3 is 5.97 Å². The molecule has 8 nitrogen and oxygen atoms in total. The Hall–Kier alpha value is -4.20. The van der Waals surface area contributed by atoms with Gasteiger partial charge in [-0.05, 0) is 60.9 Å². The summed E-state index contributed by atoms with van der Waals surface area (Å²) >= 11 is 0. The molecule has 0 aliphatic rings. The maximum atomic E-state index is 12.7. The molecule has 1 N–H and O–H groups in total. The quantitative estimate of drug-likeness (QED) is 0.0915. The number of esters is 1. The lowest BCUT2D eigenvalue weighted by Crippen LogP contribution is -2.36. The zero-order valence-electron chi connectivity index (χ0n) is 23.1.